The Morgan fingerprint density at radius 3 is 2.80 bits per heavy atom. The number of aromatic nitrogens is 1. The third kappa shape index (κ3) is 2.66. The molecule has 1 aromatic carbocycles. The van der Waals surface area contributed by atoms with Crippen LogP contribution in [0.3, 0.4) is 0 Å². The summed E-state index contributed by atoms with van der Waals surface area (Å²) in [5.74, 6) is 1.60. The summed E-state index contributed by atoms with van der Waals surface area (Å²) in [5, 5.41) is 2.61. The van der Waals surface area contributed by atoms with Crippen molar-refractivity contribution in [3.05, 3.63) is 29.1 Å². The Kier molecular flexibility index (Phi) is 3.92. The second-order valence-electron chi connectivity index (χ2n) is 5.24. The molecule has 2 N–H and O–H groups in total. The Hall–Kier alpha value is -1.55. The van der Waals surface area contributed by atoms with Crippen LogP contribution in [0, 0.1) is 0 Å². The van der Waals surface area contributed by atoms with Crippen LogP contribution in [0.25, 0.3) is 11.3 Å². The molecule has 1 heterocycles. The fourth-order valence-corrected chi connectivity index (χ4v) is 3.52. The molecule has 2 aromatic rings. The zero-order valence-electron chi connectivity index (χ0n) is 11.8. The Bertz CT molecular complexity index is 588. The second kappa shape index (κ2) is 5.83. The fraction of sp³-hybridized carbons (Fsp3) is 0.438. The summed E-state index contributed by atoms with van der Waals surface area (Å²) in [7, 11) is 0. The Labute approximate surface area is 123 Å². The number of hydrogen-bond donors (Lipinski definition) is 1. The first kappa shape index (κ1) is 13.4. The van der Waals surface area contributed by atoms with E-state index in [1.165, 1.54) is 42.6 Å². The third-order valence-electron chi connectivity index (χ3n) is 3.93. The number of rotatable bonds is 4. The molecule has 1 aliphatic rings. The highest BCUT2D eigenvalue weighted by atomic mass is 32.1. The van der Waals surface area contributed by atoms with Crippen LogP contribution in [0.2, 0.25) is 0 Å². The maximum absolute atomic E-state index is 5.77. The lowest BCUT2D eigenvalue weighted by Gasteiger charge is -2.14. The molecule has 106 valence electrons. The van der Waals surface area contributed by atoms with E-state index in [2.05, 4.69) is 23.2 Å². The minimum absolute atomic E-state index is 0.605. The predicted molar refractivity (Wildman–Crippen MR) is 84.3 cm³/mol. The topological polar surface area (TPSA) is 48.1 Å². The predicted octanol–water partition coefficient (Wildman–Crippen LogP) is 4.45. The summed E-state index contributed by atoms with van der Waals surface area (Å²) in [6.45, 7) is 2.67. The van der Waals surface area contributed by atoms with Gasteiger partial charge in [0.2, 0.25) is 0 Å². The van der Waals surface area contributed by atoms with Gasteiger partial charge in [-0.25, -0.2) is 4.98 Å². The van der Waals surface area contributed by atoms with Crippen LogP contribution >= 0.6 is 11.3 Å². The number of thiazole rings is 1. The van der Waals surface area contributed by atoms with Crippen molar-refractivity contribution in [1.82, 2.24) is 4.98 Å². The molecular weight excluding hydrogens is 268 g/mol. The van der Waals surface area contributed by atoms with Crippen LogP contribution in [0.4, 0.5) is 5.13 Å². The summed E-state index contributed by atoms with van der Waals surface area (Å²) >= 11 is 1.48. The zero-order valence-corrected chi connectivity index (χ0v) is 12.6. The van der Waals surface area contributed by atoms with Crippen molar-refractivity contribution in [3.8, 4) is 17.0 Å². The van der Waals surface area contributed by atoms with Gasteiger partial charge in [0.25, 0.3) is 0 Å². The highest BCUT2D eigenvalue weighted by Crippen LogP contribution is 2.39. The fourth-order valence-electron chi connectivity index (χ4n) is 2.95. The first-order valence-corrected chi connectivity index (χ1v) is 8.14. The van der Waals surface area contributed by atoms with Gasteiger partial charge in [-0.1, -0.05) is 18.9 Å². The molecule has 0 radical (unpaired) electrons. The van der Waals surface area contributed by atoms with Crippen LogP contribution in [0.1, 0.15) is 44.1 Å². The van der Waals surface area contributed by atoms with Gasteiger partial charge in [-0.3, -0.25) is 0 Å². The second-order valence-corrected chi connectivity index (χ2v) is 6.13. The number of nitrogen functional groups attached to an aromatic ring is 1. The number of nitrogens with zero attached hydrogens (tertiary/aromatic N) is 1. The monoisotopic (exact) mass is 288 g/mol. The van der Waals surface area contributed by atoms with Crippen molar-refractivity contribution < 1.29 is 4.74 Å². The van der Waals surface area contributed by atoms with Gasteiger partial charge in [0, 0.05) is 10.9 Å². The number of ether oxygens (including phenoxy) is 1. The number of benzene rings is 1. The van der Waals surface area contributed by atoms with E-state index in [1.807, 2.05) is 12.3 Å². The molecule has 4 heteroatoms. The first-order chi connectivity index (χ1) is 9.78. The van der Waals surface area contributed by atoms with E-state index in [4.69, 9.17) is 10.5 Å². The van der Waals surface area contributed by atoms with Gasteiger partial charge < -0.3 is 10.5 Å². The Morgan fingerprint density at radius 2 is 2.15 bits per heavy atom. The van der Waals surface area contributed by atoms with Crippen LogP contribution in [-0.2, 0) is 0 Å². The van der Waals surface area contributed by atoms with Gasteiger partial charge in [-0.2, -0.15) is 0 Å². The minimum Gasteiger partial charge on any atom is -0.493 e. The maximum Gasteiger partial charge on any atom is 0.180 e. The molecule has 0 saturated heterocycles. The number of anilines is 1. The van der Waals surface area contributed by atoms with Crippen LogP contribution in [-0.4, -0.2) is 11.6 Å². The normalized spacial score (nSPS) is 15.7. The van der Waals surface area contributed by atoms with E-state index in [-0.39, 0.29) is 0 Å². The highest BCUT2D eigenvalue weighted by Gasteiger charge is 2.19. The molecule has 1 aliphatic carbocycles. The van der Waals surface area contributed by atoms with Crippen molar-refractivity contribution in [3.63, 3.8) is 0 Å². The Balaban J connectivity index is 2.00. The van der Waals surface area contributed by atoms with E-state index in [1.54, 1.807) is 0 Å². The van der Waals surface area contributed by atoms with Crippen molar-refractivity contribution in [2.24, 2.45) is 0 Å². The molecular formula is C16H20N2OS. The van der Waals surface area contributed by atoms with E-state index in [9.17, 15) is 0 Å². The lowest BCUT2D eigenvalue weighted by atomic mass is 9.95. The summed E-state index contributed by atoms with van der Waals surface area (Å²) < 4.78 is 5.74. The van der Waals surface area contributed by atoms with Crippen LogP contribution in [0.15, 0.2) is 23.6 Å². The first-order valence-electron chi connectivity index (χ1n) is 7.26. The van der Waals surface area contributed by atoms with Crippen molar-refractivity contribution in [2.75, 3.05) is 12.3 Å². The summed E-state index contributed by atoms with van der Waals surface area (Å²) in [5.41, 5.74) is 9.18. The van der Waals surface area contributed by atoms with E-state index < -0.39 is 0 Å². The average molecular weight is 288 g/mol. The minimum atomic E-state index is 0.605. The quantitative estimate of drug-likeness (QED) is 0.904. The molecule has 1 aromatic heterocycles. The average Bonchev–Trinajstić information content (AvgIpc) is 3.11. The van der Waals surface area contributed by atoms with Gasteiger partial charge in [0.15, 0.2) is 5.13 Å². The molecule has 0 spiro atoms. The molecule has 0 amide bonds. The summed E-state index contributed by atoms with van der Waals surface area (Å²) in [4.78, 5) is 4.41. The van der Waals surface area contributed by atoms with E-state index >= 15 is 0 Å². The third-order valence-corrected chi connectivity index (χ3v) is 4.60. The van der Waals surface area contributed by atoms with Crippen molar-refractivity contribution >= 4 is 16.5 Å². The maximum atomic E-state index is 5.77. The number of nitrogens with two attached hydrogens (primary N) is 1. The molecule has 0 aliphatic heterocycles. The SMILES string of the molecule is CCOc1ccc(C2CCCC2)cc1-c1csc(N)n1. The van der Waals surface area contributed by atoms with E-state index in [0.717, 1.165) is 17.0 Å². The summed E-state index contributed by atoms with van der Waals surface area (Å²) in [6, 6.07) is 6.54. The van der Waals surface area contributed by atoms with Gasteiger partial charge in [-0.15, -0.1) is 11.3 Å². The van der Waals surface area contributed by atoms with Crippen molar-refractivity contribution in [2.45, 2.75) is 38.5 Å². The lowest BCUT2D eigenvalue weighted by Crippen LogP contribution is -1.98. The lowest BCUT2D eigenvalue weighted by molar-refractivity contribution is 0.341. The summed E-state index contributed by atoms with van der Waals surface area (Å²) in [6.07, 6.45) is 5.28. The molecule has 0 unspecified atom stereocenters. The molecule has 0 atom stereocenters. The smallest absolute Gasteiger partial charge is 0.180 e. The zero-order chi connectivity index (χ0) is 13.9. The molecule has 20 heavy (non-hydrogen) atoms. The molecule has 3 rings (SSSR count). The number of hydrogen-bond acceptors (Lipinski definition) is 4. The molecule has 0 bridgehead atoms. The van der Waals surface area contributed by atoms with Crippen molar-refractivity contribution in [1.29, 1.82) is 0 Å². The molecule has 1 fully saturated rings. The van der Waals surface area contributed by atoms with Gasteiger partial charge in [-0.05, 0) is 43.4 Å². The van der Waals surface area contributed by atoms with Gasteiger partial charge in [0.05, 0.1) is 12.3 Å². The van der Waals surface area contributed by atoms with Crippen LogP contribution < -0.4 is 10.5 Å². The highest BCUT2D eigenvalue weighted by molar-refractivity contribution is 7.13. The molecule has 1 saturated carbocycles. The molecule has 3 nitrogen and oxygen atoms in total. The Morgan fingerprint density at radius 1 is 1.35 bits per heavy atom. The van der Waals surface area contributed by atoms with Crippen LogP contribution in [0.5, 0.6) is 5.75 Å². The largest absolute Gasteiger partial charge is 0.493 e. The van der Waals surface area contributed by atoms with Gasteiger partial charge in [0.1, 0.15) is 5.75 Å². The standard InChI is InChI=1S/C16H20N2OS/c1-2-19-15-8-7-12(11-5-3-4-6-11)9-13(15)14-10-20-16(17)18-14/h7-11H,2-6H2,1H3,(H2,17,18). The van der Waals surface area contributed by atoms with E-state index in [0.29, 0.717) is 17.7 Å². The van der Waals surface area contributed by atoms with Gasteiger partial charge >= 0.3 is 0 Å².